The first-order valence-electron chi connectivity index (χ1n) is 9.46. The summed E-state index contributed by atoms with van der Waals surface area (Å²) in [5.41, 5.74) is 5.78. The number of ether oxygens (including phenoxy) is 1. The maximum atomic E-state index is 11.7. The van der Waals surface area contributed by atoms with Crippen LogP contribution in [-0.4, -0.2) is 22.9 Å². The van der Waals surface area contributed by atoms with Gasteiger partial charge in [0.1, 0.15) is 0 Å². The minimum absolute atomic E-state index is 0.349. The van der Waals surface area contributed by atoms with Gasteiger partial charge >= 0.3 is 5.97 Å². The Hall–Kier alpha value is -3.11. The first kappa shape index (κ1) is 19.2. The van der Waals surface area contributed by atoms with Gasteiger partial charge in [-0.2, -0.15) is 5.10 Å². The number of aryl methyl sites for hydroxylation is 3. The Labute approximate surface area is 174 Å². The Morgan fingerprint density at radius 2 is 1.83 bits per heavy atom. The van der Waals surface area contributed by atoms with Crippen LogP contribution >= 0.6 is 11.6 Å². The third-order valence-electron chi connectivity index (χ3n) is 5.18. The smallest absolute Gasteiger partial charge is 0.337 e. The molecule has 5 heteroatoms. The van der Waals surface area contributed by atoms with E-state index in [-0.39, 0.29) is 5.97 Å². The third kappa shape index (κ3) is 3.89. The maximum Gasteiger partial charge on any atom is 0.337 e. The van der Waals surface area contributed by atoms with E-state index in [1.54, 1.807) is 12.1 Å². The molecule has 0 saturated heterocycles. The first-order valence-corrected chi connectivity index (χ1v) is 9.84. The molecule has 0 fully saturated rings. The zero-order valence-electron chi connectivity index (χ0n) is 16.4. The molecular weight excluding hydrogens is 384 g/mol. The van der Waals surface area contributed by atoms with Crippen LogP contribution in [0, 0.1) is 6.92 Å². The summed E-state index contributed by atoms with van der Waals surface area (Å²) in [7, 11) is 1.38. The number of halogens is 1. The number of rotatable bonds is 5. The lowest BCUT2D eigenvalue weighted by Gasteiger charge is -2.07. The summed E-state index contributed by atoms with van der Waals surface area (Å²) in [4.78, 5) is 11.7. The Kier molecular flexibility index (Phi) is 5.36. The van der Waals surface area contributed by atoms with Crippen LogP contribution in [0.15, 0.2) is 66.7 Å². The molecule has 0 atom stereocenters. The summed E-state index contributed by atoms with van der Waals surface area (Å²) in [6, 6.07) is 21.8. The summed E-state index contributed by atoms with van der Waals surface area (Å²) in [5.74, 6) is -0.349. The zero-order chi connectivity index (χ0) is 20.4. The van der Waals surface area contributed by atoms with Crippen LogP contribution in [0.25, 0.3) is 22.0 Å². The van der Waals surface area contributed by atoms with E-state index in [4.69, 9.17) is 16.3 Å². The van der Waals surface area contributed by atoms with Gasteiger partial charge in [0.05, 0.1) is 18.2 Å². The summed E-state index contributed by atoms with van der Waals surface area (Å²) >= 11 is 6.30. The molecule has 1 aromatic heterocycles. The molecule has 0 aliphatic heterocycles. The highest BCUT2D eigenvalue weighted by molar-refractivity contribution is 6.33. The highest BCUT2D eigenvalue weighted by Gasteiger charge is 2.12. The minimum atomic E-state index is -0.349. The fourth-order valence-electron chi connectivity index (χ4n) is 3.51. The zero-order valence-corrected chi connectivity index (χ0v) is 17.1. The van der Waals surface area contributed by atoms with Crippen LogP contribution in [0.3, 0.4) is 0 Å². The molecule has 0 bridgehead atoms. The number of esters is 1. The van der Waals surface area contributed by atoms with Gasteiger partial charge in [0.25, 0.3) is 0 Å². The van der Waals surface area contributed by atoms with Gasteiger partial charge in [0.15, 0.2) is 0 Å². The molecule has 4 rings (SSSR count). The van der Waals surface area contributed by atoms with Gasteiger partial charge in [-0.3, -0.25) is 4.68 Å². The van der Waals surface area contributed by atoms with E-state index in [0.717, 1.165) is 45.7 Å². The fourth-order valence-corrected chi connectivity index (χ4v) is 3.75. The molecule has 146 valence electrons. The summed E-state index contributed by atoms with van der Waals surface area (Å²) < 4.78 is 6.79. The van der Waals surface area contributed by atoms with Crippen molar-refractivity contribution in [1.82, 2.24) is 9.78 Å². The number of methoxy groups -OCH3 is 1. The van der Waals surface area contributed by atoms with Crippen LogP contribution in [-0.2, 0) is 17.7 Å². The van der Waals surface area contributed by atoms with Crippen molar-refractivity contribution in [3.8, 4) is 11.1 Å². The second-order valence-corrected chi connectivity index (χ2v) is 7.37. The quantitative estimate of drug-likeness (QED) is 0.401. The van der Waals surface area contributed by atoms with Gasteiger partial charge in [-0.1, -0.05) is 60.1 Å². The van der Waals surface area contributed by atoms with Crippen LogP contribution in [0.1, 0.15) is 21.6 Å². The molecule has 0 aliphatic rings. The largest absolute Gasteiger partial charge is 0.465 e. The third-order valence-corrected chi connectivity index (χ3v) is 5.50. The van der Waals surface area contributed by atoms with Gasteiger partial charge in [0, 0.05) is 28.2 Å². The van der Waals surface area contributed by atoms with Crippen LogP contribution in [0.5, 0.6) is 0 Å². The molecule has 0 unspecified atom stereocenters. The molecule has 3 aromatic carbocycles. The SMILES string of the molecule is COC(=O)c1ccc2c(C)n(CCc3ccc(-c4ccccc4Cl)cc3)nc2c1. The average Bonchev–Trinajstić information content (AvgIpc) is 3.07. The molecule has 0 N–H and O–H groups in total. The second-order valence-electron chi connectivity index (χ2n) is 6.96. The van der Waals surface area contributed by atoms with Crippen molar-refractivity contribution in [1.29, 1.82) is 0 Å². The number of aromatic nitrogens is 2. The number of carbonyl (C=O) groups is 1. The molecule has 4 aromatic rings. The number of benzene rings is 3. The van der Waals surface area contributed by atoms with Crippen molar-refractivity contribution < 1.29 is 9.53 Å². The van der Waals surface area contributed by atoms with Crippen LogP contribution < -0.4 is 0 Å². The topological polar surface area (TPSA) is 44.1 Å². The predicted molar refractivity (Wildman–Crippen MR) is 116 cm³/mol. The van der Waals surface area contributed by atoms with Crippen LogP contribution in [0.4, 0.5) is 0 Å². The molecule has 0 saturated carbocycles. The van der Waals surface area contributed by atoms with Crippen molar-refractivity contribution in [2.45, 2.75) is 19.9 Å². The molecular formula is C24H21ClN2O2. The normalized spacial score (nSPS) is 11.0. The summed E-state index contributed by atoms with van der Waals surface area (Å²) in [6.45, 7) is 2.81. The minimum Gasteiger partial charge on any atom is -0.465 e. The van der Waals surface area contributed by atoms with E-state index in [1.807, 2.05) is 41.9 Å². The summed E-state index contributed by atoms with van der Waals surface area (Å²) in [6.07, 6.45) is 0.863. The van der Waals surface area contributed by atoms with Gasteiger partial charge < -0.3 is 4.74 Å². The Morgan fingerprint density at radius 3 is 2.55 bits per heavy atom. The lowest BCUT2D eigenvalue weighted by atomic mass is 10.0. The number of carbonyl (C=O) groups excluding carboxylic acids is 1. The number of hydrogen-bond acceptors (Lipinski definition) is 3. The van der Waals surface area contributed by atoms with E-state index in [1.165, 1.54) is 12.7 Å². The van der Waals surface area contributed by atoms with Crippen molar-refractivity contribution in [3.63, 3.8) is 0 Å². The Balaban J connectivity index is 1.51. The summed E-state index contributed by atoms with van der Waals surface area (Å²) in [5, 5.41) is 6.48. The molecule has 0 amide bonds. The van der Waals surface area contributed by atoms with Crippen molar-refractivity contribution in [2.75, 3.05) is 7.11 Å². The molecule has 29 heavy (non-hydrogen) atoms. The Morgan fingerprint density at radius 1 is 1.07 bits per heavy atom. The van der Waals surface area contributed by atoms with Crippen molar-refractivity contribution in [3.05, 3.63) is 88.6 Å². The molecule has 0 radical (unpaired) electrons. The van der Waals surface area contributed by atoms with E-state index in [9.17, 15) is 4.79 Å². The monoisotopic (exact) mass is 404 g/mol. The first-order chi connectivity index (χ1) is 14.1. The standard InChI is InChI=1S/C24H21ClN2O2/c1-16-20-12-11-19(24(28)29-2)15-23(20)26-27(16)14-13-17-7-9-18(10-8-17)21-5-3-4-6-22(21)25/h3-12,15H,13-14H2,1-2H3. The highest BCUT2D eigenvalue weighted by Crippen LogP contribution is 2.28. The molecule has 0 aliphatic carbocycles. The fraction of sp³-hybridized carbons (Fsp3) is 0.167. The number of nitrogens with zero attached hydrogens (tertiary/aromatic N) is 2. The Bertz CT molecular complexity index is 1180. The van der Waals surface area contributed by atoms with E-state index < -0.39 is 0 Å². The van der Waals surface area contributed by atoms with E-state index in [2.05, 4.69) is 29.4 Å². The lowest BCUT2D eigenvalue weighted by molar-refractivity contribution is 0.0601. The van der Waals surface area contributed by atoms with Crippen molar-refractivity contribution in [2.24, 2.45) is 0 Å². The van der Waals surface area contributed by atoms with Gasteiger partial charge in [-0.25, -0.2) is 4.79 Å². The molecule has 0 spiro atoms. The van der Waals surface area contributed by atoms with Crippen LogP contribution in [0.2, 0.25) is 5.02 Å². The second kappa shape index (κ2) is 8.10. The predicted octanol–water partition coefficient (Wildman–Crippen LogP) is 5.69. The number of fused-ring (bicyclic) bond motifs is 1. The average molecular weight is 405 g/mol. The maximum absolute atomic E-state index is 11.7. The van der Waals surface area contributed by atoms with Gasteiger partial charge in [-0.15, -0.1) is 0 Å². The lowest BCUT2D eigenvalue weighted by Crippen LogP contribution is -2.05. The van der Waals surface area contributed by atoms with Gasteiger partial charge in [0.2, 0.25) is 0 Å². The van der Waals surface area contributed by atoms with E-state index in [0.29, 0.717) is 5.56 Å². The van der Waals surface area contributed by atoms with Crippen molar-refractivity contribution >= 4 is 28.5 Å². The molecule has 1 heterocycles. The highest BCUT2D eigenvalue weighted by atomic mass is 35.5. The number of hydrogen-bond donors (Lipinski definition) is 0. The molecule has 4 nitrogen and oxygen atoms in total. The van der Waals surface area contributed by atoms with E-state index >= 15 is 0 Å². The van der Waals surface area contributed by atoms with Gasteiger partial charge in [-0.05, 0) is 42.7 Å².